The largest absolute Gasteiger partial charge is 0.492 e. The highest BCUT2D eigenvalue weighted by Gasteiger charge is 2.29. The summed E-state index contributed by atoms with van der Waals surface area (Å²) in [5.41, 5.74) is 2.23. The minimum Gasteiger partial charge on any atom is -0.492 e. The standard InChI is InChI=1S/C22H18N6O2S/c1-3-30-17-10-6-5-9-16(17)27(22-24-15-8-4-7-11-18(15)31-22)20(29)19-25-21-23-13-12-14(2)28(21)26-19/h4-13H,3H2,1-2H3. The van der Waals surface area contributed by atoms with Crippen molar-refractivity contribution in [2.45, 2.75) is 13.8 Å². The Bertz CT molecular complexity index is 1380. The average molecular weight is 430 g/mol. The van der Waals surface area contributed by atoms with Crippen molar-refractivity contribution in [1.29, 1.82) is 0 Å². The Hall–Kier alpha value is -3.85. The van der Waals surface area contributed by atoms with Crippen molar-refractivity contribution >= 4 is 44.1 Å². The summed E-state index contributed by atoms with van der Waals surface area (Å²) in [6.45, 7) is 4.25. The second-order valence-electron chi connectivity index (χ2n) is 6.74. The lowest BCUT2D eigenvalue weighted by Crippen LogP contribution is -2.27. The minimum atomic E-state index is -0.406. The Balaban J connectivity index is 1.69. The number of amides is 1. The van der Waals surface area contributed by atoms with Gasteiger partial charge in [-0.3, -0.25) is 4.79 Å². The summed E-state index contributed by atoms with van der Waals surface area (Å²) < 4.78 is 8.33. The molecule has 8 nitrogen and oxygen atoms in total. The van der Waals surface area contributed by atoms with Crippen molar-refractivity contribution in [2.24, 2.45) is 0 Å². The van der Waals surface area contributed by atoms with Gasteiger partial charge in [-0.1, -0.05) is 35.6 Å². The zero-order valence-electron chi connectivity index (χ0n) is 16.9. The third-order valence-electron chi connectivity index (χ3n) is 4.70. The molecule has 31 heavy (non-hydrogen) atoms. The Kier molecular flexibility index (Phi) is 4.79. The maximum absolute atomic E-state index is 13.7. The summed E-state index contributed by atoms with van der Waals surface area (Å²) >= 11 is 1.42. The number of ether oxygens (including phenoxy) is 1. The maximum atomic E-state index is 13.7. The molecule has 0 saturated carbocycles. The first-order chi connectivity index (χ1) is 15.2. The molecule has 3 aromatic heterocycles. The fourth-order valence-corrected chi connectivity index (χ4v) is 4.25. The Morgan fingerprint density at radius 3 is 2.71 bits per heavy atom. The van der Waals surface area contributed by atoms with Gasteiger partial charge in [0.2, 0.25) is 5.82 Å². The molecule has 0 saturated heterocycles. The van der Waals surface area contributed by atoms with Crippen LogP contribution in [0.5, 0.6) is 5.75 Å². The van der Waals surface area contributed by atoms with Gasteiger partial charge in [0, 0.05) is 11.9 Å². The molecular formula is C22H18N6O2S. The Morgan fingerprint density at radius 1 is 1.10 bits per heavy atom. The molecule has 0 aliphatic heterocycles. The number of carbonyl (C=O) groups is 1. The summed E-state index contributed by atoms with van der Waals surface area (Å²) in [7, 11) is 0. The van der Waals surface area contributed by atoms with E-state index < -0.39 is 5.91 Å². The third-order valence-corrected chi connectivity index (χ3v) is 5.73. The van der Waals surface area contributed by atoms with Crippen LogP contribution in [0.3, 0.4) is 0 Å². The first-order valence-corrected chi connectivity index (χ1v) is 10.6. The van der Waals surface area contributed by atoms with Gasteiger partial charge >= 0.3 is 5.91 Å². The smallest absolute Gasteiger partial charge is 0.304 e. The molecule has 5 rings (SSSR count). The highest BCUT2D eigenvalue weighted by molar-refractivity contribution is 7.22. The van der Waals surface area contributed by atoms with E-state index in [1.807, 2.05) is 68.4 Å². The van der Waals surface area contributed by atoms with E-state index in [0.717, 1.165) is 15.9 Å². The number of nitrogens with zero attached hydrogens (tertiary/aromatic N) is 6. The van der Waals surface area contributed by atoms with Crippen LogP contribution in [0.1, 0.15) is 23.2 Å². The van der Waals surface area contributed by atoms with Crippen LogP contribution in [0.4, 0.5) is 10.8 Å². The van der Waals surface area contributed by atoms with E-state index in [0.29, 0.717) is 29.0 Å². The SMILES string of the molecule is CCOc1ccccc1N(C(=O)c1nc2nccc(C)n2n1)c1nc2ccccc2s1. The number of fused-ring (bicyclic) bond motifs is 2. The Morgan fingerprint density at radius 2 is 1.90 bits per heavy atom. The average Bonchev–Trinajstić information content (AvgIpc) is 3.40. The van der Waals surface area contributed by atoms with E-state index in [2.05, 4.69) is 15.1 Å². The molecule has 0 N–H and O–H groups in total. The van der Waals surface area contributed by atoms with E-state index in [9.17, 15) is 4.79 Å². The molecule has 9 heteroatoms. The maximum Gasteiger partial charge on any atom is 0.304 e. The number of benzene rings is 2. The number of carbonyl (C=O) groups excluding carboxylic acids is 1. The lowest BCUT2D eigenvalue weighted by molar-refractivity contribution is 0.0989. The summed E-state index contributed by atoms with van der Waals surface area (Å²) in [6.07, 6.45) is 1.64. The predicted octanol–water partition coefficient (Wildman–Crippen LogP) is 4.42. The molecule has 2 aromatic carbocycles. The van der Waals surface area contributed by atoms with Gasteiger partial charge in [0.15, 0.2) is 5.13 Å². The molecule has 154 valence electrons. The van der Waals surface area contributed by atoms with E-state index in [-0.39, 0.29) is 5.82 Å². The molecule has 0 fully saturated rings. The first-order valence-electron chi connectivity index (χ1n) is 9.76. The fourth-order valence-electron chi connectivity index (χ4n) is 3.27. The molecule has 3 heterocycles. The van der Waals surface area contributed by atoms with Gasteiger partial charge in [-0.2, -0.15) is 4.98 Å². The summed E-state index contributed by atoms with van der Waals surface area (Å²) in [6, 6.07) is 17.0. The van der Waals surface area contributed by atoms with E-state index in [4.69, 9.17) is 9.72 Å². The quantitative estimate of drug-likeness (QED) is 0.410. The number of hydrogen-bond acceptors (Lipinski definition) is 7. The molecule has 0 unspecified atom stereocenters. The molecular weight excluding hydrogens is 412 g/mol. The third kappa shape index (κ3) is 3.38. The summed E-state index contributed by atoms with van der Waals surface area (Å²) in [5, 5.41) is 4.92. The first kappa shape index (κ1) is 19.1. The Labute approximate surface area is 181 Å². The topological polar surface area (TPSA) is 85.5 Å². The van der Waals surface area contributed by atoms with Crippen molar-refractivity contribution in [2.75, 3.05) is 11.5 Å². The number of rotatable bonds is 5. The van der Waals surface area contributed by atoms with Crippen molar-refractivity contribution in [3.63, 3.8) is 0 Å². The van der Waals surface area contributed by atoms with Crippen LogP contribution in [-0.2, 0) is 0 Å². The fraction of sp³-hybridized carbons (Fsp3) is 0.136. The van der Waals surface area contributed by atoms with E-state index >= 15 is 0 Å². The van der Waals surface area contributed by atoms with Gasteiger partial charge in [0.1, 0.15) is 5.75 Å². The highest BCUT2D eigenvalue weighted by atomic mass is 32.1. The van der Waals surface area contributed by atoms with Crippen molar-refractivity contribution in [1.82, 2.24) is 24.6 Å². The van der Waals surface area contributed by atoms with Crippen LogP contribution in [0.2, 0.25) is 0 Å². The second-order valence-corrected chi connectivity index (χ2v) is 7.75. The number of aromatic nitrogens is 5. The van der Waals surface area contributed by atoms with Crippen LogP contribution < -0.4 is 9.64 Å². The number of hydrogen-bond donors (Lipinski definition) is 0. The second kappa shape index (κ2) is 7.77. The van der Waals surface area contributed by atoms with Crippen molar-refractivity contribution in [3.05, 3.63) is 72.3 Å². The van der Waals surface area contributed by atoms with Gasteiger partial charge in [-0.25, -0.2) is 19.4 Å². The van der Waals surface area contributed by atoms with Crippen LogP contribution in [0.15, 0.2) is 60.8 Å². The number of thiazole rings is 1. The highest BCUT2D eigenvalue weighted by Crippen LogP contribution is 2.38. The predicted molar refractivity (Wildman–Crippen MR) is 119 cm³/mol. The van der Waals surface area contributed by atoms with Crippen LogP contribution >= 0.6 is 11.3 Å². The molecule has 0 aliphatic rings. The van der Waals surface area contributed by atoms with Gasteiger partial charge < -0.3 is 4.74 Å². The lowest BCUT2D eigenvalue weighted by atomic mass is 10.2. The zero-order chi connectivity index (χ0) is 21.4. The van der Waals surface area contributed by atoms with Gasteiger partial charge in [0.05, 0.1) is 22.5 Å². The van der Waals surface area contributed by atoms with Crippen molar-refractivity contribution in [3.8, 4) is 5.75 Å². The molecule has 0 bridgehead atoms. The van der Waals surface area contributed by atoms with Crippen LogP contribution in [0, 0.1) is 6.92 Å². The monoisotopic (exact) mass is 430 g/mol. The number of aryl methyl sites for hydroxylation is 1. The van der Waals surface area contributed by atoms with Gasteiger partial charge in [0.25, 0.3) is 5.78 Å². The van der Waals surface area contributed by atoms with Gasteiger partial charge in [-0.15, -0.1) is 5.10 Å². The van der Waals surface area contributed by atoms with Crippen molar-refractivity contribution < 1.29 is 9.53 Å². The zero-order valence-corrected chi connectivity index (χ0v) is 17.7. The van der Waals surface area contributed by atoms with Crippen LogP contribution in [0.25, 0.3) is 16.0 Å². The molecule has 1 amide bonds. The molecule has 5 aromatic rings. The number of para-hydroxylation sites is 3. The normalized spacial score (nSPS) is 11.2. The number of anilines is 2. The van der Waals surface area contributed by atoms with Gasteiger partial charge in [-0.05, 0) is 44.2 Å². The molecule has 0 spiro atoms. The molecule has 0 radical (unpaired) electrons. The minimum absolute atomic E-state index is 0.0346. The van der Waals surface area contributed by atoms with Crippen LogP contribution in [-0.4, -0.2) is 37.1 Å². The van der Waals surface area contributed by atoms with E-state index in [1.165, 1.54) is 16.2 Å². The summed E-state index contributed by atoms with van der Waals surface area (Å²) in [5.74, 6) is 0.574. The lowest BCUT2D eigenvalue weighted by Gasteiger charge is -2.21. The summed E-state index contributed by atoms with van der Waals surface area (Å²) in [4.78, 5) is 28.5. The molecule has 0 atom stereocenters. The van der Waals surface area contributed by atoms with E-state index in [1.54, 1.807) is 10.7 Å². The molecule has 0 aliphatic carbocycles.